The average molecular weight is 437 g/mol. The Morgan fingerprint density at radius 2 is 1.64 bits per heavy atom. The number of hydrogen-bond donors (Lipinski definition) is 2. The molecule has 0 atom stereocenters. The molecule has 0 aliphatic rings. The fraction of sp³-hybridized carbons (Fsp3) is 0.158. The number of rotatable bonds is 6. The maximum Gasteiger partial charge on any atom is 0.175 e. The second kappa shape index (κ2) is 9.14. The van der Waals surface area contributed by atoms with Gasteiger partial charge in [0.2, 0.25) is 0 Å². The molecule has 0 fully saturated rings. The van der Waals surface area contributed by atoms with Crippen LogP contribution in [0.5, 0.6) is 11.5 Å². The van der Waals surface area contributed by atoms with E-state index in [2.05, 4.69) is 15.7 Å². The lowest BCUT2D eigenvalue weighted by molar-refractivity contribution is 0.395. The standard InChI is InChI=1S/C19H18Cl2N4O2S/c1-26-14-6-12(7-15(8-14)27-2)23-19(28)24-13-9-22-25(10-13)11-16-17(20)4-3-5-18(16)21/h3-10H,11H2,1-2H3,(H2,23,24,28). The summed E-state index contributed by atoms with van der Waals surface area (Å²) in [7, 11) is 3.18. The SMILES string of the molecule is COc1cc(NC(=S)Nc2cnn(Cc3c(Cl)cccc3Cl)c2)cc(OC)c1. The molecule has 0 saturated heterocycles. The van der Waals surface area contributed by atoms with Crippen molar-refractivity contribution >= 4 is 51.9 Å². The Kier molecular flexibility index (Phi) is 6.61. The Morgan fingerprint density at radius 1 is 1.04 bits per heavy atom. The zero-order chi connectivity index (χ0) is 20.1. The number of benzene rings is 2. The van der Waals surface area contributed by atoms with Gasteiger partial charge in [0.15, 0.2) is 5.11 Å². The molecule has 0 spiro atoms. The Balaban J connectivity index is 1.66. The fourth-order valence-electron chi connectivity index (χ4n) is 2.53. The third-order valence-corrected chi connectivity index (χ3v) is 4.79. The predicted molar refractivity (Wildman–Crippen MR) is 117 cm³/mol. The zero-order valence-electron chi connectivity index (χ0n) is 15.2. The smallest absolute Gasteiger partial charge is 0.175 e. The Labute approximate surface area is 178 Å². The zero-order valence-corrected chi connectivity index (χ0v) is 17.5. The van der Waals surface area contributed by atoms with Crippen molar-refractivity contribution in [2.24, 2.45) is 0 Å². The number of halogens is 2. The molecule has 0 aliphatic carbocycles. The molecule has 0 amide bonds. The van der Waals surface area contributed by atoms with Crippen LogP contribution in [0.15, 0.2) is 48.8 Å². The number of methoxy groups -OCH3 is 2. The van der Waals surface area contributed by atoms with Gasteiger partial charge in [0.25, 0.3) is 0 Å². The third kappa shape index (κ3) is 5.07. The van der Waals surface area contributed by atoms with E-state index in [9.17, 15) is 0 Å². The minimum absolute atomic E-state index is 0.408. The minimum atomic E-state index is 0.408. The van der Waals surface area contributed by atoms with E-state index in [1.54, 1.807) is 43.3 Å². The summed E-state index contributed by atoms with van der Waals surface area (Å²) in [6.07, 6.45) is 3.49. The number of thiocarbonyl (C=S) groups is 1. The Hall–Kier alpha value is -2.48. The van der Waals surface area contributed by atoms with Crippen LogP contribution in [0.1, 0.15) is 5.56 Å². The Bertz CT molecular complexity index is 951. The molecule has 1 heterocycles. The van der Waals surface area contributed by atoms with Crippen LogP contribution in [0, 0.1) is 0 Å². The first-order chi connectivity index (χ1) is 13.5. The summed E-state index contributed by atoms with van der Waals surface area (Å²) in [4.78, 5) is 0. The van der Waals surface area contributed by atoms with Crippen LogP contribution in [-0.4, -0.2) is 29.1 Å². The first kappa shape index (κ1) is 20.3. The van der Waals surface area contributed by atoms with Crippen LogP contribution in [0.4, 0.5) is 11.4 Å². The van der Waals surface area contributed by atoms with Crippen LogP contribution >= 0.6 is 35.4 Å². The second-order valence-electron chi connectivity index (χ2n) is 5.81. The summed E-state index contributed by atoms with van der Waals surface area (Å²) in [6, 6.07) is 10.8. The highest BCUT2D eigenvalue weighted by Crippen LogP contribution is 2.27. The van der Waals surface area contributed by atoms with E-state index in [-0.39, 0.29) is 0 Å². The number of hydrogen-bond acceptors (Lipinski definition) is 4. The summed E-state index contributed by atoms with van der Waals surface area (Å²) in [5.41, 5.74) is 2.28. The molecular weight excluding hydrogens is 419 g/mol. The lowest BCUT2D eigenvalue weighted by Crippen LogP contribution is -2.18. The van der Waals surface area contributed by atoms with E-state index in [1.807, 2.05) is 24.4 Å². The molecule has 0 saturated carbocycles. The molecule has 2 N–H and O–H groups in total. The molecule has 0 aliphatic heterocycles. The fourth-order valence-corrected chi connectivity index (χ4v) is 3.29. The van der Waals surface area contributed by atoms with E-state index < -0.39 is 0 Å². The number of nitrogens with zero attached hydrogens (tertiary/aromatic N) is 2. The highest BCUT2D eigenvalue weighted by atomic mass is 35.5. The molecule has 1 aromatic heterocycles. The quantitative estimate of drug-likeness (QED) is 0.526. The first-order valence-corrected chi connectivity index (χ1v) is 9.41. The van der Waals surface area contributed by atoms with E-state index >= 15 is 0 Å². The number of aromatic nitrogens is 2. The van der Waals surface area contributed by atoms with Crippen molar-refractivity contribution in [2.75, 3.05) is 24.9 Å². The monoisotopic (exact) mass is 436 g/mol. The Morgan fingerprint density at radius 3 is 2.25 bits per heavy atom. The van der Waals surface area contributed by atoms with Gasteiger partial charge in [-0.3, -0.25) is 4.68 Å². The van der Waals surface area contributed by atoms with Gasteiger partial charge in [-0.2, -0.15) is 5.10 Å². The van der Waals surface area contributed by atoms with E-state index in [1.165, 1.54) is 0 Å². The van der Waals surface area contributed by atoms with Gasteiger partial charge in [0, 0.05) is 45.7 Å². The number of nitrogens with one attached hydrogen (secondary N) is 2. The van der Waals surface area contributed by atoms with Crippen molar-refractivity contribution in [1.82, 2.24) is 9.78 Å². The lowest BCUT2D eigenvalue weighted by Gasteiger charge is -2.12. The molecule has 6 nitrogen and oxygen atoms in total. The summed E-state index contributed by atoms with van der Waals surface area (Å²) in [5, 5.41) is 12.1. The lowest BCUT2D eigenvalue weighted by atomic mass is 10.2. The molecule has 0 unspecified atom stereocenters. The first-order valence-electron chi connectivity index (χ1n) is 8.25. The molecule has 2 aromatic carbocycles. The highest BCUT2D eigenvalue weighted by Gasteiger charge is 2.09. The third-order valence-electron chi connectivity index (χ3n) is 3.88. The summed E-state index contributed by atoms with van der Waals surface area (Å²) in [6.45, 7) is 0.452. The van der Waals surface area contributed by atoms with Crippen LogP contribution in [0.3, 0.4) is 0 Å². The van der Waals surface area contributed by atoms with Crippen LogP contribution < -0.4 is 20.1 Å². The summed E-state index contributed by atoms with van der Waals surface area (Å²) < 4.78 is 12.2. The molecule has 3 aromatic rings. The van der Waals surface area contributed by atoms with Crippen molar-refractivity contribution in [3.8, 4) is 11.5 Å². The minimum Gasteiger partial charge on any atom is -0.497 e. The van der Waals surface area contributed by atoms with Crippen molar-refractivity contribution in [2.45, 2.75) is 6.54 Å². The van der Waals surface area contributed by atoms with Crippen molar-refractivity contribution in [3.63, 3.8) is 0 Å². The van der Waals surface area contributed by atoms with Crippen LogP contribution in [0.2, 0.25) is 10.0 Å². The van der Waals surface area contributed by atoms with Crippen molar-refractivity contribution < 1.29 is 9.47 Å². The topological polar surface area (TPSA) is 60.3 Å². The van der Waals surface area contributed by atoms with Gasteiger partial charge in [-0.1, -0.05) is 29.3 Å². The molecular formula is C19H18Cl2N4O2S. The number of anilines is 2. The second-order valence-corrected chi connectivity index (χ2v) is 7.03. The van der Waals surface area contributed by atoms with Gasteiger partial charge < -0.3 is 20.1 Å². The molecule has 0 bridgehead atoms. The normalized spacial score (nSPS) is 10.4. The van der Waals surface area contributed by atoms with E-state index in [4.69, 9.17) is 44.9 Å². The summed E-state index contributed by atoms with van der Waals surface area (Å²) in [5.74, 6) is 1.32. The van der Waals surface area contributed by atoms with Crippen LogP contribution in [-0.2, 0) is 6.54 Å². The molecule has 0 radical (unpaired) electrons. The largest absolute Gasteiger partial charge is 0.497 e. The molecule has 146 valence electrons. The molecule has 9 heteroatoms. The van der Waals surface area contributed by atoms with Gasteiger partial charge in [0.1, 0.15) is 11.5 Å². The van der Waals surface area contributed by atoms with Gasteiger partial charge in [-0.05, 0) is 24.4 Å². The molecule has 28 heavy (non-hydrogen) atoms. The van der Waals surface area contributed by atoms with Crippen molar-refractivity contribution in [3.05, 3.63) is 64.4 Å². The van der Waals surface area contributed by atoms with Crippen LogP contribution in [0.25, 0.3) is 0 Å². The van der Waals surface area contributed by atoms with Gasteiger partial charge in [-0.15, -0.1) is 0 Å². The van der Waals surface area contributed by atoms with Gasteiger partial charge in [0.05, 0.1) is 32.6 Å². The van der Waals surface area contributed by atoms with E-state index in [0.29, 0.717) is 33.2 Å². The summed E-state index contributed by atoms with van der Waals surface area (Å²) >= 11 is 17.8. The molecule has 3 rings (SSSR count). The predicted octanol–water partition coefficient (Wildman–Crippen LogP) is 5.06. The highest BCUT2D eigenvalue weighted by molar-refractivity contribution is 7.80. The van der Waals surface area contributed by atoms with E-state index in [0.717, 1.165) is 16.9 Å². The maximum atomic E-state index is 6.22. The maximum absolute atomic E-state index is 6.22. The van der Waals surface area contributed by atoms with Gasteiger partial charge in [-0.25, -0.2) is 0 Å². The van der Waals surface area contributed by atoms with Gasteiger partial charge >= 0.3 is 0 Å². The average Bonchev–Trinajstić information content (AvgIpc) is 3.11. The van der Waals surface area contributed by atoms with Crippen molar-refractivity contribution in [1.29, 1.82) is 0 Å². The number of ether oxygens (including phenoxy) is 2.